The Kier molecular flexibility index (Phi) is 5.82. The molecule has 1 aliphatic heterocycles. The largest absolute Gasteiger partial charge is 0.368 e. The standard InChI is InChI=1S/C22H29N3O/c1-17(2)19-8-10-21(11-9-19)24-12-14-25(15-13-24)22(26)23-16-20-7-5-4-6-18(20)3/h4-11,17H,12-16H2,1-3H3,(H,23,26). The summed E-state index contributed by atoms with van der Waals surface area (Å²) in [6, 6.07) is 17.0. The Morgan fingerprint density at radius 3 is 2.27 bits per heavy atom. The van der Waals surface area contributed by atoms with Gasteiger partial charge in [-0.2, -0.15) is 0 Å². The van der Waals surface area contributed by atoms with Crippen LogP contribution in [0.3, 0.4) is 0 Å². The van der Waals surface area contributed by atoms with E-state index < -0.39 is 0 Å². The zero-order valence-corrected chi connectivity index (χ0v) is 16.0. The molecule has 1 saturated heterocycles. The molecule has 0 spiro atoms. The van der Waals surface area contributed by atoms with Crippen LogP contribution in [-0.2, 0) is 6.54 Å². The number of piperazine rings is 1. The SMILES string of the molecule is Cc1ccccc1CNC(=O)N1CCN(c2ccc(C(C)C)cc2)CC1. The number of nitrogens with zero attached hydrogens (tertiary/aromatic N) is 2. The van der Waals surface area contributed by atoms with Crippen molar-refractivity contribution in [2.45, 2.75) is 33.2 Å². The zero-order chi connectivity index (χ0) is 18.5. The van der Waals surface area contributed by atoms with Gasteiger partial charge in [-0.1, -0.05) is 50.2 Å². The fraction of sp³-hybridized carbons (Fsp3) is 0.409. The molecule has 0 saturated carbocycles. The van der Waals surface area contributed by atoms with Gasteiger partial charge in [0.2, 0.25) is 0 Å². The average Bonchev–Trinajstić information content (AvgIpc) is 2.67. The fourth-order valence-corrected chi connectivity index (χ4v) is 3.33. The van der Waals surface area contributed by atoms with Gasteiger partial charge in [0.15, 0.2) is 0 Å². The molecule has 4 nitrogen and oxygen atoms in total. The molecule has 1 heterocycles. The quantitative estimate of drug-likeness (QED) is 0.898. The van der Waals surface area contributed by atoms with Crippen LogP contribution >= 0.6 is 0 Å². The number of aryl methyl sites for hydroxylation is 1. The van der Waals surface area contributed by atoms with Crippen LogP contribution in [0.1, 0.15) is 36.5 Å². The molecular formula is C22H29N3O. The maximum atomic E-state index is 12.4. The van der Waals surface area contributed by atoms with E-state index >= 15 is 0 Å². The van der Waals surface area contributed by atoms with Crippen molar-refractivity contribution in [1.82, 2.24) is 10.2 Å². The molecule has 0 unspecified atom stereocenters. The van der Waals surface area contributed by atoms with Crippen LogP contribution < -0.4 is 10.2 Å². The Morgan fingerprint density at radius 1 is 1.00 bits per heavy atom. The highest BCUT2D eigenvalue weighted by molar-refractivity contribution is 5.74. The van der Waals surface area contributed by atoms with Gasteiger partial charge in [0.1, 0.15) is 0 Å². The van der Waals surface area contributed by atoms with Crippen molar-refractivity contribution in [3.8, 4) is 0 Å². The van der Waals surface area contributed by atoms with Crippen LogP contribution in [0.5, 0.6) is 0 Å². The maximum Gasteiger partial charge on any atom is 0.317 e. The van der Waals surface area contributed by atoms with Crippen molar-refractivity contribution < 1.29 is 4.79 Å². The molecule has 4 heteroatoms. The molecule has 0 aliphatic carbocycles. The van der Waals surface area contributed by atoms with Crippen molar-refractivity contribution >= 4 is 11.7 Å². The number of anilines is 1. The van der Waals surface area contributed by atoms with E-state index in [0.29, 0.717) is 12.5 Å². The smallest absolute Gasteiger partial charge is 0.317 e. The van der Waals surface area contributed by atoms with Crippen LogP contribution in [0.4, 0.5) is 10.5 Å². The number of carbonyl (C=O) groups is 1. The molecule has 0 radical (unpaired) electrons. The normalized spacial score (nSPS) is 14.6. The van der Waals surface area contributed by atoms with Crippen LogP contribution in [-0.4, -0.2) is 37.1 Å². The Hall–Kier alpha value is -2.49. The van der Waals surface area contributed by atoms with E-state index in [9.17, 15) is 4.79 Å². The van der Waals surface area contributed by atoms with Crippen molar-refractivity contribution in [3.63, 3.8) is 0 Å². The third kappa shape index (κ3) is 4.37. The van der Waals surface area contributed by atoms with Crippen molar-refractivity contribution in [2.75, 3.05) is 31.1 Å². The van der Waals surface area contributed by atoms with Crippen molar-refractivity contribution in [3.05, 3.63) is 65.2 Å². The molecule has 0 aromatic heterocycles. The lowest BCUT2D eigenvalue weighted by Gasteiger charge is -2.36. The van der Waals surface area contributed by atoms with Crippen LogP contribution in [0.2, 0.25) is 0 Å². The van der Waals surface area contributed by atoms with E-state index in [1.807, 2.05) is 17.0 Å². The summed E-state index contributed by atoms with van der Waals surface area (Å²) in [6.07, 6.45) is 0. The molecule has 0 atom stereocenters. The van der Waals surface area contributed by atoms with E-state index in [-0.39, 0.29) is 6.03 Å². The Balaban J connectivity index is 1.50. The van der Waals surface area contributed by atoms with E-state index in [1.165, 1.54) is 22.4 Å². The highest BCUT2D eigenvalue weighted by atomic mass is 16.2. The van der Waals surface area contributed by atoms with Gasteiger partial charge >= 0.3 is 6.03 Å². The first-order chi connectivity index (χ1) is 12.5. The van der Waals surface area contributed by atoms with Gasteiger partial charge in [0.05, 0.1) is 0 Å². The summed E-state index contributed by atoms with van der Waals surface area (Å²) in [6.45, 7) is 10.3. The predicted octanol–water partition coefficient (Wildman–Crippen LogP) is 4.15. The highest BCUT2D eigenvalue weighted by Crippen LogP contribution is 2.21. The van der Waals surface area contributed by atoms with Gasteiger partial charge in [0, 0.05) is 38.4 Å². The van der Waals surface area contributed by atoms with E-state index in [1.54, 1.807) is 0 Å². The lowest BCUT2D eigenvalue weighted by atomic mass is 10.0. The Morgan fingerprint density at radius 2 is 1.65 bits per heavy atom. The van der Waals surface area contributed by atoms with Crippen LogP contribution in [0, 0.1) is 6.92 Å². The lowest BCUT2D eigenvalue weighted by Crippen LogP contribution is -2.51. The summed E-state index contributed by atoms with van der Waals surface area (Å²) in [4.78, 5) is 16.7. The molecule has 2 amide bonds. The summed E-state index contributed by atoms with van der Waals surface area (Å²) < 4.78 is 0. The molecule has 1 fully saturated rings. The molecule has 2 aromatic rings. The second-order valence-electron chi connectivity index (χ2n) is 7.31. The minimum Gasteiger partial charge on any atom is -0.368 e. The van der Waals surface area contributed by atoms with E-state index in [0.717, 1.165) is 26.2 Å². The summed E-state index contributed by atoms with van der Waals surface area (Å²) in [5.41, 5.74) is 4.99. The minimum absolute atomic E-state index is 0.0306. The minimum atomic E-state index is 0.0306. The molecule has 1 aliphatic rings. The zero-order valence-electron chi connectivity index (χ0n) is 16.0. The number of benzene rings is 2. The number of nitrogens with one attached hydrogen (secondary N) is 1. The first-order valence-electron chi connectivity index (χ1n) is 9.47. The number of urea groups is 1. The molecule has 26 heavy (non-hydrogen) atoms. The number of carbonyl (C=O) groups excluding carboxylic acids is 1. The summed E-state index contributed by atoms with van der Waals surface area (Å²) in [5.74, 6) is 0.554. The number of rotatable bonds is 4. The second-order valence-corrected chi connectivity index (χ2v) is 7.31. The fourth-order valence-electron chi connectivity index (χ4n) is 3.33. The van der Waals surface area contributed by atoms with Crippen molar-refractivity contribution in [2.24, 2.45) is 0 Å². The molecule has 3 rings (SSSR count). The topological polar surface area (TPSA) is 35.6 Å². The van der Waals surface area contributed by atoms with Gasteiger partial charge in [-0.25, -0.2) is 4.79 Å². The first kappa shape index (κ1) is 18.3. The predicted molar refractivity (Wildman–Crippen MR) is 108 cm³/mol. The highest BCUT2D eigenvalue weighted by Gasteiger charge is 2.21. The molecular weight excluding hydrogens is 322 g/mol. The van der Waals surface area contributed by atoms with Gasteiger partial charge in [0.25, 0.3) is 0 Å². The second kappa shape index (κ2) is 8.26. The van der Waals surface area contributed by atoms with E-state index in [2.05, 4.69) is 67.4 Å². The maximum absolute atomic E-state index is 12.4. The molecule has 0 bridgehead atoms. The molecule has 1 N–H and O–H groups in total. The lowest BCUT2D eigenvalue weighted by molar-refractivity contribution is 0.194. The van der Waals surface area contributed by atoms with Crippen LogP contribution in [0.25, 0.3) is 0 Å². The first-order valence-corrected chi connectivity index (χ1v) is 9.47. The Bertz CT molecular complexity index is 731. The van der Waals surface area contributed by atoms with Crippen LogP contribution in [0.15, 0.2) is 48.5 Å². The Labute approximate surface area is 156 Å². The summed E-state index contributed by atoms with van der Waals surface area (Å²) in [5, 5.41) is 3.05. The monoisotopic (exact) mass is 351 g/mol. The third-order valence-electron chi connectivity index (χ3n) is 5.18. The summed E-state index contributed by atoms with van der Waals surface area (Å²) >= 11 is 0. The molecule has 138 valence electrons. The van der Waals surface area contributed by atoms with Gasteiger partial charge in [-0.15, -0.1) is 0 Å². The molecule has 2 aromatic carbocycles. The van der Waals surface area contributed by atoms with Crippen molar-refractivity contribution in [1.29, 1.82) is 0 Å². The average molecular weight is 351 g/mol. The van der Waals surface area contributed by atoms with Gasteiger partial charge in [-0.3, -0.25) is 0 Å². The third-order valence-corrected chi connectivity index (χ3v) is 5.18. The van der Waals surface area contributed by atoms with Gasteiger partial charge < -0.3 is 15.1 Å². The number of hydrogen-bond acceptors (Lipinski definition) is 2. The van der Waals surface area contributed by atoms with E-state index in [4.69, 9.17) is 0 Å². The van der Waals surface area contributed by atoms with Gasteiger partial charge in [-0.05, 0) is 41.7 Å². The summed E-state index contributed by atoms with van der Waals surface area (Å²) in [7, 11) is 0. The number of amides is 2. The number of hydrogen-bond donors (Lipinski definition) is 1.